The van der Waals surface area contributed by atoms with Crippen molar-refractivity contribution in [3.8, 4) is 0 Å². The molecule has 2 aliphatic rings. The van der Waals surface area contributed by atoms with Gasteiger partial charge in [0.2, 0.25) is 0 Å². The molecule has 0 aromatic heterocycles. The Hall–Kier alpha value is -0.960. The SMILES string of the molecule is C=CCC(CC)(CC)C(=O)O[C@H]1C[C@H](O)C=C2C=C[C@H](C)[C@H](CC[C@@H](O)C[C@@H](O)CC(=O)[O-])[C@H]21.[Na+]. The van der Waals surface area contributed by atoms with Gasteiger partial charge < -0.3 is 30.0 Å². The maximum Gasteiger partial charge on any atom is 1.00 e. The molecule has 7 nitrogen and oxygen atoms in total. The predicted molar refractivity (Wildman–Crippen MR) is 127 cm³/mol. The van der Waals surface area contributed by atoms with E-state index in [0.29, 0.717) is 38.5 Å². The molecular formula is C27H41NaO7. The van der Waals surface area contributed by atoms with Crippen molar-refractivity contribution in [3.05, 3.63) is 36.5 Å². The summed E-state index contributed by atoms with van der Waals surface area (Å²) in [5, 5.41) is 41.3. The van der Waals surface area contributed by atoms with Crippen LogP contribution in [0.2, 0.25) is 0 Å². The molecule has 2 rings (SSSR count). The van der Waals surface area contributed by atoms with Gasteiger partial charge in [0, 0.05) is 24.7 Å². The van der Waals surface area contributed by atoms with Crippen LogP contribution in [0.3, 0.4) is 0 Å². The molecule has 0 amide bonds. The number of fused-ring (bicyclic) bond motifs is 1. The topological polar surface area (TPSA) is 127 Å². The normalized spacial score (nSPS) is 27.6. The number of hydrogen-bond acceptors (Lipinski definition) is 7. The number of esters is 1. The number of ether oxygens (including phenoxy) is 1. The molecule has 8 heteroatoms. The van der Waals surface area contributed by atoms with Crippen LogP contribution in [0.4, 0.5) is 0 Å². The molecule has 0 bridgehead atoms. The number of carbonyl (C=O) groups is 2. The van der Waals surface area contributed by atoms with Gasteiger partial charge >= 0.3 is 35.5 Å². The number of carbonyl (C=O) groups excluding carboxylic acids is 2. The van der Waals surface area contributed by atoms with Crippen LogP contribution >= 0.6 is 0 Å². The Morgan fingerprint density at radius 2 is 1.94 bits per heavy atom. The Balaban J connectivity index is 0.00000612. The number of aliphatic hydroxyl groups excluding tert-OH is 3. The van der Waals surface area contributed by atoms with Crippen LogP contribution < -0.4 is 34.7 Å². The van der Waals surface area contributed by atoms with Gasteiger partial charge in [-0.2, -0.15) is 0 Å². The Kier molecular flexibility index (Phi) is 13.5. The first-order valence-corrected chi connectivity index (χ1v) is 12.5. The molecule has 0 fully saturated rings. The first kappa shape index (κ1) is 32.1. The van der Waals surface area contributed by atoms with Gasteiger partial charge in [-0.1, -0.05) is 45.1 Å². The molecule has 0 heterocycles. The molecule has 0 spiro atoms. The van der Waals surface area contributed by atoms with Crippen molar-refractivity contribution in [2.45, 2.75) is 96.6 Å². The van der Waals surface area contributed by atoms with Crippen LogP contribution in [-0.2, 0) is 14.3 Å². The smallest absolute Gasteiger partial charge is 0.550 e. The van der Waals surface area contributed by atoms with Crippen molar-refractivity contribution in [3.63, 3.8) is 0 Å². The van der Waals surface area contributed by atoms with E-state index in [4.69, 9.17) is 4.74 Å². The van der Waals surface area contributed by atoms with E-state index >= 15 is 0 Å². The summed E-state index contributed by atoms with van der Waals surface area (Å²) >= 11 is 0. The van der Waals surface area contributed by atoms with E-state index in [9.17, 15) is 30.0 Å². The molecule has 192 valence electrons. The van der Waals surface area contributed by atoms with Gasteiger partial charge in [-0.3, -0.25) is 4.79 Å². The maximum atomic E-state index is 13.3. The van der Waals surface area contributed by atoms with Gasteiger partial charge in [-0.15, -0.1) is 6.58 Å². The molecule has 0 aromatic rings. The Morgan fingerprint density at radius 3 is 2.51 bits per heavy atom. The number of hydrogen-bond donors (Lipinski definition) is 3. The minimum absolute atomic E-state index is 0. The third-order valence-corrected chi connectivity index (χ3v) is 7.73. The standard InChI is InChI=1S/C27H42O7.Na/c1-5-12-27(6-2,7-3)26(33)34-23-15-20(29)13-18-9-8-17(4)22(25(18)23)11-10-19(28)14-21(30)16-24(31)32;/h5,8-9,13,17,19-23,25,28-30H,1,6-7,10-12,14-16H2,2-4H3,(H,31,32);/q;+1/p-1/t17-,19+,20+,21+,22-,23-,25-;/m0./s1. The molecule has 0 aliphatic heterocycles. The van der Waals surface area contributed by atoms with E-state index in [-0.39, 0.29) is 59.7 Å². The largest absolute Gasteiger partial charge is 1.00 e. The van der Waals surface area contributed by atoms with Gasteiger partial charge in [0.15, 0.2) is 0 Å². The summed E-state index contributed by atoms with van der Waals surface area (Å²) in [7, 11) is 0. The van der Waals surface area contributed by atoms with E-state index in [1.165, 1.54) is 0 Å². The second-order valence-electron chi connectivity index (χ2n) is 10.00. The number of aliphatic carboxylic acids is 1. The molecule has 3 N–H and O–H groups in total. The van der Waals surface area contributed by atoms with E-state index < -0.39 is 42.2 Å². The molecule has 0 aromatic carbocycles. The average Bonchev–Trinajstić information content (AvgIpc) is 2.76. The number of allylic oxidation sites excluding steroid dienone is 3. The summed E-state index contributed by atoms with van der Waals surface area (Å²) in [6.45, 7) is 9.83. The molecule has 35 heavy (non-hydrogen) atoms. The zero-order valence-electron chi connectivity index (χ0n) is 21.7. The number of carboxylic acid groups (broad SMARTS) is 1. The summed E-state index contributed by atoms with van der Waals surface area (Å²) < 4.78 is 6.13. The average molecular weight is 501 g/mol. The van der Waals surface area contributed by atoms with Crippen LogP contribution in [0.25, 0.3) is 0 Å². The van der Waals surface area contributed by atoms with E-state index in [2.05, 4.69) is 19.6 Å². The van der Waals surface area contributed by atoms with Gasteiger partial charge in [0.25, 0.3) is 0 Å². The monoisotopic (exact) mass is 500 g/mol. The van der Waals surface area contributed by atoms with E-state index in [1.54, 1.807) is 6.08 Å². The van der Waals surface area contributed by atoms with Crippen LogP contribution in [0.1, 0.15) is 72.1 Å². The van der Waals surface area contributed by atoms with Crippen molar-refractivity contribution in [1.82, 2.24) is 0 Å². The molecule has 0 saturated carbocycles. The van der Waals surface area contributed by atoms with Crippen LogP contribution in [-0.4, -0.2) is 51.7 Å². The zero-order chi connectivity index (χ0) is 25.5. The molecule has 2 aliphatic carbocycles. The van der Waals surface area contributed by atoms with Crippen molar-refractivity contribution in [2.24, 2.45) is 23.2 Å². The number of aliphatic hydroxyl groups is 3. The molecule has 0 radical (unpaired) electrons. The first-order valence-electron chi connectivity index (χ1n) is 12.5. The van der Waals surface area contributed by atoms with E-state index in [1.807, 2.05) is 26.0 Å². The Labute approximate surface area is 231 Å². The van der Waals surface area contributed by atoms with Crippen molar-refractivity contribution < 1.29 is 64.3 Å². The van der Waals surface area contributed by atoms with Gasteiger partial charge in [-0.25, -0.2) is 0 Å². The maximum absolute atomic E-state index is 13.3. The van der Waals surface area contributed by atoms with Gasteiger partial charge in [-0.05, 0) is 55.9 Å². The van der Waals surface area contributed by atoms with Gasteiger partial charge in [0.1, 0.15) is 6.10 Å². The van der Waals surface area contributed by atoms with E-state index in [0.717, 1.165) is 5.57 Å². The van der Waals surface area contributed by atoms with Crippen molar-refractivity contribution in [2.75, 3.05) is 0 Å². The fraction of sp³-hybridized carbons (Fsp3) is 0.704. The fourth-order valence-corrected chi connectivity index (χ4v) is 5.53. The summed E-state index contributed by atoms with van der Waals surface area (Å²) in [6.07, 6.45) is 7.01. The second-order valence-corrected chi connectivity index (χ2v) is 10.00. The molecule has 0 saturated heterocycles. The summed E-state index contributed by atoms with van der Waals surface area (Å²) in [5.41, 5.74) is 0.304. The van der Waals surface area contributed by atoms with Crippen molar-refractivity contribution >= 4 is 11.9 Å². The number of rotatable bonds is 13. The fourth-order valence-electron chi connectivity index (χ4n) is 5.53. The number of carboxylic acids is 1. The molecule has 0 unspecified atom stereocenters. The minimum atomic E-state index is -1.35. The molecular weight excluding hydrogens is 459 g/mol. The Morgan fingerprint density at radius 1 is 1.29 bits per heavy atom. The van der Waals surface area contributed by atoms with Crippen LogP contribution in [0.5, 0.6) is 0 Å². The molecule has 7 atom stereocenters. The Bertz CT molecular complexity index is 773. The summed E-state index contributed by atoms with van der Waals surface area (Å²) in [4.78, 5) is 24.0. The van der Waals surface area contributed by atoms with Crippen molar-refractivity contribution in [1.29, 1.82) is 0 Å². The summed E-state index contributed by atoms with van der Waals surface area (Å²) in [5.74, 6) is -1.50. The van der Waals surface area contributed by atoms with Crippen LogP contribution in [0, 0.1) is 23.2 Å². The second kappa shape index (κ2) is 14.7. The minimum Gasteiger partial charge on any atom is -0.550 e. The third kappa shape index (κ3) is 8.54. The quantitative estimate of drug-likeness (QED) is 0.176. The zero-order valence-corrected chi connectivity index (χ0v) is 23.7. The van der Waals surface area contributed by atoms with Gasteiger partial charge in [0.05, 0.1) is 23.7 Å². The first-order chi connectivity index (χ1) is 16.1. The predicted octanol–water partition coefficient (Wildman–Crippen LogP) is -0.554. The summed E-state index contributed by atoms with van der Waals surface area (Å²) in [6, 6.07) is 0. The van der Waals surface area contributed by atoms with Crippen LogP contribution in [0.15, 0.2) is 36.5 Å². The third-order valence-electron chi connectivity index (χ3n) is 7.73.